The minimum absolute atomic E-state index is 0.111. The molecule has 21 heavy (non-hydrogen) atoms. The topological polar surface area (TPSA) is 87.3 Å². The Morgan fingerprint density at radius 3 is 2.71 bits per heavy atom. The van der Waals surface area contributed by atoms with Crippen LogP contribution in [0, 0.1) is 0 Å². The van der Waals surface area contributed by atoms with Crippen molar-refractivity contribution in [2.45, 2.75) is 31.8 Å². The van der Waals surface area contributed by atoms with Crippen LogP contribution in [0.5, 0.6) is 0 Å². The lowest BCUT2D eigenvalue weighted by atomic mass is 10.00. The van der Waals surface area contributed by atoms with Gasteiger partial charge in [-0.3, -0.25) is 9.52 Å². The van der Waals surface area contributed by atoms with Gasteiger partial charge in [0, 0.05) is 12.1 Å². The Bertz CT molecular complexity index is 616. The molecule has 0 saturated carbocycles. The molecule has 1 fully saturated rings. The molecule has 0 aromatic heterocycles. The average molecular weight is 311 g/mol. The summed E-state index contributed by atoms with van der Waals surface area (Å²) in [6, 6.07) is 7.09. The van der Waals surface area contributed by atoms with Crippen LogP contribution in [-0.2, 0) is 10.0 Å². The van der Waals surface area contributed by atoms with Crippen LogP contribution in [0.4, 0.5) is 5.69 Å². The number of anilines is 1. The van der Waals surface area contributed by atoms with Crippen LogP contribution in [0.15, 0.2) is 24.3 Å². The molecule has 1 aliphatic rings. The minimum atomic E-state index is -3.42. The van der Waals surface area contributed by atoms with E-state index in [1.54, 1.807) is 24.3 Å². The highest BCUT2D eigenvalue weighted by molar-refractivity contribution is 7.92. The molecule has 6 nitrogen and oxygen atoms in total. The first-order valence-electron chi connectivity index (χ1n) is 6.96. The van der Waals surface area contributed by atoms with Crippen LogP contribution in [0.1, 0.15) is 30.1 Å². The first-order chi connectivity index (χ1) is 9.85. The number of nitrogens with one attached hydrogen (secondary N) is 3. The molecule has 7 heteroatoms. The molecule has 1 aromatic rings. The van der Waals surface area contributed by atoms with E-state index in [4.69, 9.17) is 0 Å². The minimum Gasteiger partial charge on any atom is -0.349 e. The van der Waals surface area contributed by atoms with Crippen LogP contribution in [0.3, 0.4) is 0 Å². The summed E-state index contributed by atoms with van der Waals surface area (Å²) in [5.41, 5.74) is 0.647. The number of hydrogen-bond donors (Lipinski definition) is 3. The maximum absolute atomic E-state index is 12.4. The molecule has 0 bridgehead atoms. The van der Waals surface area contributed by atoms with Crippen LogP contribution < -0.4 is 15.4 Å². The van der Waals surface area contributed by atoms with Crippen LogP contribution >= 0.6 is 0 Å². The zero-order valence-corrected chi connectivity index (χ0v) is 13.0. The summed E-state index contributed by atoms with van der Waals surface area (Å²) in [6.07, 6.45) is 2.81. The van der Waals surface area contributed by atoms with Crippen molar-refractivity contribution in [3.8, 4) is 0 Å². The van der Waals surface area contributed by atoms with Gasteiger partial charge in [0.1, 0.15) is 0 Å². The second-order valence-corrected chi connectivity index (χ2v) is 7.22. The second kappa shape index (κ2) is 6.44. The molecular weight excluding hydrogens is 290 g/mol. The molecule has 2 atom stereocenters. The molecule has 2 rings (SSSR count). The zero-order valence-electron chi connectivity index (χ0n) is 12.2. The first-order valence-corrected chi connectivity index (χ1v) is 8.85. The van der Waals surface area contributed by atoms with Gasteiger partial charge in [-0.15, -0.1) is 0 Å². The normalized spacial score (nSPS) is 22.6. The molecule has 1 aliphatic heterocycles. The van der Waals surface area contributed by atoms with E-state index in [2.05, 4.69) is 22.3 Å². The van der Waals surface area contributed by atoms with Gasteiger partial charge in [-0.1, -0.05) is 12.1 Å². The number of para-hydroxylation sites is 1. The molecule has 1 heterocycles. The van der Waals surface area contributed by atoms with Crippen molar-refractivity contribution >= 4 is 21.6 Å². The monoisotopic (exact) mass is 311 g/mol. The van der Waals surface area contributed by atoms with Crippen molar-refractivity contribution in [3.63, 3.8) is 0 Å². The molecule has 0 spiro atoms. The van der Waals surface area contributed by atoms with Crippen LogP contribution in [0.25, 0.3) is 0 Å². The van der Waals surface area contributed by atoms with E-state index in [-0.39, 0.29) is 11.9 Å². The number of carbonyl (C=O) groups excluding carboxylic acids is 1. The fraction of sp³-hybridized carbons (Fsp3) is 0.500. The predicted octanol–water partition coefficient (Wildman–Crippen LogP) is 0.928. The van der Waals surface area contributed by atoms with Gasteiger partial charge >= 0.3 is 0 Å². The molecular formula is C14H21N3O3S. The van der Waals surface area contributed by atoms with E-state index < -0.39 is 10.0 Å². The van der Waals surface area contributed by atoms with Crippen molar-refractivity contribution in [2.75, 3.05) is 17.5 Å². The quantitative estimate of drug-likeness (QED) is 0.772. The number of hydrogen-bond acceptors (Lipinski definition) is 4. The maximum atomic E-state index is 12.4. The summed E-state index contributed by atoms with van der Waals surface area (Å²) in [6.45, 7) is 2.95. The zero-order chi connectivity index (χ0) is 15.5. The molecule has 2 unspecified atom stereocenters. The van der Waals surface area contributed by atoms with Crippen molar-refractivity contribution < 1.29 is 13.2 Å². The van der Waals surface area contributed by atoms with E-state index in [0.29, 0.717) is 17.3 Å². The number of piperidine rings is 1. The van der Waals surface area contributed by atoms with E-state index >= 15 is 0 Å². The summed E-state index contributed by atoms with van der Waals surface area (Å²) in [7, 11) is -3.42. The van der Waals surface area contributed by atoms with Gasteiger partial charge in [0.15, 0.2) is 0 Å². The van der Waals surface area contributed by atoms with Crippen LogP contribution in [0.2, 0.25) is 0 Å². The summed E-state index contributed by atoms with van der Waals surface area (Å²) < 4.78 is 25.1. The van der Waals surface area contributed by atoms with Gasteiger partial charge in [-0.2, -0.15) is 0 Å². The third-order valence-corrected chi connectivity index (χ3v) is 4.02. The van der Waals surface area contributed by atoms with Gasteiger partial charge in [-0.05, 0) is 38.4 Å². The Morgan fingerprint density at radius 2 is 2.05 bits per heavy atom. The predicted molar refractivity (Wildman–Crippen MR) is 82.9 cm³/mol. The summed E-state index contributed by atoms with van der Waals surface area (Å²) in [4.78, 5) is 12.4. The Kier molecular flexibility index (Phi) is 4.84. The van der Waals surface area contributed by atoms with Crippen molar-refractivity contribution in [3.05, 3.63) is 29.8 Å². The summed E-state index contributed by atoms with van der Waals surface area (Å²) in [5, 5.41) is 6.30. The molecule has 3 N–H and O–H groups in total. The summed E-state index contributed by atoms with van der Waals surface area (Å²) in [5.74, 6) is -0.249. The molecule has 1 aromatic carbocycles. The van der Waals surface area contributed by atoms with Gasteiger partial charge in [0.2, 0.25) is 10.0 Å². The van der Waals surface area contributed by atoms with E-state index in [1.165, 1.54) is 0 Å². The third-order valence-electron chi connectivity index (χ3n) is 3.43. The maximum Gasteiger partial charge on any atom is 0.253 e. The lowest BCUT2D eigenvalue weighted by Crippen LogP contribution is -2.46. The summed E-state index contributed by atoms with van der Waals surface area (Å²) >= 11 is 0. The fourth-order valence-electron chi connectivity index (χ4n) is 2.50. The number of amides is 1. The second-order valence-electron chi connectivity index (χ2n) is 5.47. The van der Waals surface area contributed by atoms with E-state index in [9.17, 15) is 13.2 Å². The highest BCUT2D eigenvalue weighted by Crippen LogP contribution is 2.17. The Balaban J connectivity index is 2.12. The average Bonchev–Trinajstić information content (AvgIpc) is 2.37. The molecule has 116 valence electrons. The van der Waals surface area contributed by atoms with Crippen LogP contribution in [-0.4, -0.2) is 39.2 Å². The highest BCUT2D eigenvalue weighted by atomic mass is 32.2. The van der Waals surface area contributed by atoms with Crippen molar-refractivity contribution in [1.82, 2.24) is 10.6 Å². The largest absolute Gasteiger partial charge is 0.349 e. The molecule has 1 saturated heterocycles. The van der Waals surface area contributed by atoms with Crippen molar-refractivity contribution in [1.29, 1.82) is 0 Å². The Hall–Kier alpha value is -1.60. The van der Waals surface area contributed by atoms with Gasteiger partial charge < -0.3 is 10.6 Å². The Morgan fingerprint density at radius 1 is 1.33 bits per heavy atom. The van der Waals surface area contributed by atoms with E-state index in [1.807, 2.05) is 0 Å². The van der Waals surface area contributed by atoms with Gasteiger partial charge in [0.05, 0.1) is 17.5 Å². The van der Waals surface area contributed by atoms with Crippen molar-refractivity contribution in [2.24, 2.45) is 0 Å². The number of carbonyl (C=O) groups is 1. The van der Waals surface area contributed by atoms with Gasteiger partial charge in [0.25, 0.3) is 5.91 Å². The lowest BCUT2D eigenvalue weighted by molar-refractivity contribution is 0.0926. The number of benzene rings is 1. The lowest BCUT2D eigenvalue weighted by Gasteiger charge is -2.28. The number of sulfonamides is 1. The standard InChI is InChI=1S/C14H21N3O3S/c1-10-9-11(7-8-15-10)16-14(18)12-5-3-4-6-13(12)17-21(2,19)20/h3-6,10-11,15,17H,7-9H2,1-2H3,(H,16,18). The first kappa shape index (κ1) is 15.8. The highest BCUT2D eigenvalue weighted by Gasteiger charge is 2.22. The smallest absolute Gasteiger partial charge is 0.253 e. The third kappa shape index (κ3) is 4.71. The number of rotatable bonds is 4. The fourth-order valence-corrected chi connectivity index (χ4v) is 3.07. The molecule has 0 radical (unpaired) electrons. The van der Waals surface area contributed by atoms with E-state index in [0.717, 1.165) is 25.6 Å². The molecule has 1 amide bonds. The Labute approximate surface area is 125 Å². The SMILES string of the molecule is CC1CC(NC(=O)c2ccccc2NS(C)(=O)=O)CCN1. The van der Waals surface area contributed by atoms with Gasteiger partial charge in [-0.25, -0.2) is 8.42 Å². The molecule has 0 aliphatic carbocycles.